The van der Waals surface area contributed by atoms with Gasteiger partial charge in [0.1, 0.15) is 17.7 Å². The van der Waals surface area contributed by atoms with E-state index in [1.54, 1.807) is 6.07 Å². The van der Waals surface area contributed by atoms with Gasteiger partial charge in [-0.1, -0.05) is 11.6 Å². The number of hydrogen-bond acceptors (Lipinski definition) is 3. The fraction of sp³-hybridized carbons (Fsp3) is 0.571. The van der Waals surface area contributed by atoms with Gasteiger partial charge in [0.25, 0.3) is 0 Å². The van der Waals surface area contributed by atoms with E-state index in [4.69, 9.17) is 21.1 Å². The maximum Gasteiger partial charge on any atom is 0.138 e. The summed E-state index contributed by atoms with van der Waals surface area (Å²) in [7, 11) is 0. The van der Waals surface area contributed by atoms with E-state index >= 15 is 0 Å². The zero-order chi connectivity index (χ0) is 13.7. The molecule has 1 aromatic rings. The van der Waals surface area contributed by atoms with Crippen molar-refractivity contribution < 1.29 is 13.9 Å². The summed E-state index contributed by atoms with van der Waals surface area (Å²) in [6.45, 7) is 4.35. The molecule has 0 aromatic heterocycles. The molecule has 1 N–H and O–H groups in total. The molecule has 0 saturated carbocycles. The van der Waals surface area contributed by atoms with Crippen LogP contribution < -0.4 is 10.1 Å². The Morgan fingerprint density at radius 2 is 2.42 bits per heavy atom. The summed E-state index contributed by atoms with van der Waals surface area (Å²) in [6, 6.07) is 4.14. The molecule has 0 spiro atoms. The van der Waals surface area contributed by atoms with Gasteiger partial charge >= 0.3 is 0 Å². The van der Waals surface area contributed by atoms with Crippen LogP contribution in [0.2, 0.25) is 5.02 Å². The minimum atomic E-state index is -0.360. The minimum Gasteiger partial charge on any atom is -0.488 e. The molecule has 1 aromatic carbocycles. The number of halogens is 2. The largest absolute Gasteiger partial charge is 0.488 e. The van der Waals surface area contributed by atoms with E-state index in [0.717, 1.165) is 26.0 Å². The van der Waals surface area contributed by atoms with E-state index in [2.05, 4.69) is 5.32 Å². The standard InChI is InChI=1S/C14H19ClFNO2/c1-10(8-17-9-12-3-2-6-18-12)19-14-5-4-11(16)7-13(14)15/h4-5,7,10,12,17H,2-3,6,8-9H2,1H3. The van der Waals surface area contributed by atoms with Gasteiger partial charge in [-0.2, -0.15) is 0 Å². The van der Waals surface area contributed by atoms with Gasteiger partial charge in [-0.05, 0) is 38.0 Å². The average Bonchev–Trinajstić information content (AvgIpc) is 2.86. The molecule has 1 fully saturated rings. The minimum absolute atomic E-state index is 0.0376. The molecule has 1 aliphatic rings. The molecule has 0 radical (unpaired) electrons. The van der Waals surface area contributed by atoms with Gasteiger partial charge in [-0.15, -0.1) is 0 Å². The van der Waals surface area contributed by atoms with Gasteiger partial charge in [-0.25, -0.2) is 4.39 Å². The fourth-order valence-corrected chi connectivity index (χ4v) is 2.29. The van der Waals surface area contributed by atoms with E-state index in [9.17, 15) is 4.39 Å². The van der Waals surface area contributed by atoms with E-state index in [1.165, 1.54) is 12.1 Å². The van der Waals surface area contributed by atoms with Crippen molar-refractivity contribution in [3.8, 4) is 5.75 Å². The molecule has 3 nitrogen and oxygen atoms in total. The van der Waals surface area contributed by atoms with E-state index in [1.807, 2.05) is 6.92 Å². The molecule has 0 aliphatic carbocycles. The molecule has 0 amide bonds. The molecule has 5 heteroatoms. The molecule has 2 unspecified atom stereocenters. The smallest absolute Gasteiger partial charge is 0.138 e. The van der Waals surface area contributed by atoms with Crippen LogP contribution in [-0.2, 0) is 4.74 Å². The van der Waals surface area contributed by atoms with Crippen LogP contribution in [0, 0.1) is 5.82 Å². The lowest BCUT2D eigenvalue weighted by Crippen LogP contribution is -2.34. The Morgan fingerprint density at radius 3 is 3.11 bits per heavy atom. The van der Waals surface area contributed by atoms with Crippen LogP contribution in [0.5, 0.6) is 5.75 Å². The predicted octanol–water partition coefficient (Wildman–Crippen LogP) is 3.02. The highest BCUT2D eigenvalue weighted by Gasteiger charge is 2.15. The van der Waals surface area contributed by atoms with Gasteiger partial charge in [0.05, 0.1) is 11.1 Å². The molecule has 2 rings (SSSR count). The maximum atomic E-state index is 12.9. The van der Waals surface area contributed by atoms with Crippen molar-refractivity contribution in [2.45, 2.75) is 32.0 Å². The molecule has 2 atom stereocenters. The van der Waals surface area contributed by atoms with Crippen LogP contribution in [0.1, 0.15) is 19.8 Å². The number of hydrogen-bond donors (Lipinski definition) is 1. The van der Waals surface area contributed by atoms with Crippen molar-refractivity contribution in [3.05, 3.63) is 29.0 Å². The van der Waals surface area contributed by atoms with Gasteiger partial charge in [-0.3, -0.25) is 0 Å². The first-order valence-electron chi connectivity index (χ1n) is 6.59. The van der Waals surface area contributed by atoms with Crippen molar-refractivity contribution in [2.24, 2.45) is 0 Å². The lowest BCUT2D eigenvalue weighted by atomic mass is 10.2. The Morgan fingerprint density at radius 1 is 1.58 bits per heavy atom. The van der Waals surface area contributed by atoms with Crippen LogP contribution in [-0.4, -0.2) is 31.9 Å². The topological polar surface area (TPSA) is 30.5 Å². The normalized spacial score (nSPS) is 20.5. The first-order valence-corrected chi connectivity index (χ1v) is 6.97. The molecule has 106 valence electrons. The molecule has 1 aliphatic heterocycles. The van der Waals surface area contributed by atoms with Crippen LogP contribution >= 0.6 is 11.6 Å². The van der Waals surface area contributed by atoms with Crippen molar-refractivity contribution in [3.63, 3.8) is 0 Å². The third-order valence-corrected chi connectivity index (χ3v) is 3.35. The van der Waals surface area contributed by atoms with E-state index in [-0.39, 0.29) is 11.9 Å². The highest BCUT2D eigenvalue weighted by molar-refractivity contribution is 6.32. The zero-order valence-electron chi connectivity index (χ0n) is 11.0. The summed E-state index contributed by atoms with van der Waals surface area (Å²) in [5.41, 5.74) is 0. The lowest BCUT2D eigenvalue weighted by Gasteiger charge is -2.17. The highest BCUT2D eigenvalue weighted by atomic mass is 35.5. The Hall–Kier alpha value is -0.840. The summed E-state index contributed by atoms with van der Waals surface area (Å²) < 4.78 is 24.1. The van der Waals surface area contributed by atoms with Crippen LogP contribution in [0.3, 0.4) is 0 Å². The molecule has 19 heavy (non-hydrogen) atoms. The van der Waals surface area contributed by atoms with Gasteiger partial charge in [0.15, 0.2) is 0 Å². The first-order chi connectivity index (χ1) is 9.15. The molecular formula is C14H19ClFNO2. The van der Waals surface area contributed by atoms with Crippen molar-refractivity contribution in [1.29, 1.82) is 0 Å². The summed E-state index contributed by atoms with van der Waals surface area (Å²) in [5.74, 6) is 0.149. The predicted molar refractivity (Wildman–Crippen MR) is 73.3 cm³/mol. The Kier molecular flexibility index (Phi) is 5.43. The summed E-state index contributed by atoms with van der Waals surface area (Å²) in [5, 5.41) is 3.61. The fourth-order valence-electron chi connectivity index (χ4n) is 2.08. The monoisotopic (exact) mass is 287 g/mol. The number of rotatable bonds is 6. The number of ether oxygens (including phenoxy) is 2. The summed E-state index contributed by atoms with van der Waals surface area (Å²) >= 11 is 5.91. The molecule has 1 heterocycles. The van der Waals surface area contributed by atoms with Gasteiger partial charge < -0.3 is 14.8 Å². The second-order valence-corrected chi connectivity index (χ2v) is 5.20. The molecule has 1 saturated heterocycles. The lowest BCUT2D eigenvalue weighted by molar-refractivity contribution is 0.106. The molecule has 0 bridgehead atoms. The van der Waals surface area contributed by atoms with Crippen molar-refractivity contribution >= 4 is 11.6 Å². The Labute approximate surface area is 118 Å². The van der Waals surface area contributed by atoms with Gasteiger partial charge in [0.2, 0.25) is 0 Å². The second-order valence-electron chi connectivity index (χ2n) is 4.80. The first kappa shape index (κ1) is 14.6. The van der Waals surface area contributed by atoms with Crippen LogP contribution in [0.15, 0.2) is 18.2 Å². The maximum absolute atomic E-state index is 12.9. The van der Waals surface area contributed by atoms with Crippen LogP contribution in [0.4, 0.5) is 4.39 Å². The Bertz CT molecular complexity index is 410. The van der Waals surface area contributed by atoms with E-state index < -0.39 is 0 Å². The summed E-state index contributed by atoms with van der Waals surface area (Å²) in [4.78, 5) is 0. The quantitative estimate of drug-likeness (QED) is 0.872. The highest BCUT2D eigenvalue weighted by Crippen LogP contribution is 2.25. The van der Waals surface area contributed by atoms with Gasteiger partial charge in [0, 0.05) is 19.7 Å². The number of nitrogens with one attached hydrogen (secondary N) is 1. The Balaban J connectivity index is 1.72. The molecular weight excluding hydrogens is 269 g/mol. The summed E-state index contributed by atoms with van der Waals surface area (Å²) in [6.07, 6.45) is 2.54. The van der Waals surface area contributed by atoms with E-state index in [0.29, 0.717) is 23.4 Å². The number of benzene rings is 1. The zero-order valence-corrected chi connectivity index (χ0v) is 11.8. The van der Waals surface area contributed by atoms with Crippen molar-refractivity contribution in [1.82, 2.24) is 5.32 Å². The SMILES string of the molecule is CC(CNCC1CCCO1)Oc1ccc(F)cc1Cl. The van der Waals surface area contributed by atoms with Crippen LogP contribution in [0.25, 0.3) is 0 Å². The third kappa shape index (κ3) is 4.64. The second kappa shape index (κ2) is 7.08. The van der Waals surface area contributed by atoms with Crippen molar-refractivity contribution in [2.75, 3.05) is 19.7 Å². The third-order valence-electron chi connectivity index (χ3n) is 3.05. The average molecular weight is 288 g/mol.